The molecule has 0 unspecified atom stereocenters. The Balaban J connectivity index is 2.31. The van der Waals surface area contributed by atoms with Gasteiger partial charge in [0.25, 0.3) is 5.82 Å². The van der Waals surface area contributed by atoms with E-state index in [-0.39, 0.29) is 0 Å². The lowest BCUT2D eigenvalue weighted by Crippen LogP contribution is -2.37. The van der Waals surface area contributed by atoms with Crippen LogP contribution in [0.3, 0.4) is 0 Å². The van der Waals surface area contributed by atoms with E-state index in [2.05, 4.69) is 42.3 Å². The van der Waals surface area contributed by atoms with Gasteiger partial charge in [0.1, 0.15) is 12.4 Å². The summed E-state index contributed by atoms with van der Waals surface area (Å²) in [5.41, 5.74) is 0. The zero-order valence-corrected chi connectivity index (χ0v) is 26.1. The van der Waals surface area contributed by atoms with Crippen molar-refractivity contribution in [1.82, 2.24) is 4.57 Å². The number of imidazole rings is 1. The first-order valence-corrected chi connectivity index (χ1v) is 17.4. The highest BCUT2D eigenvalue weighted by Gasteiger charge is 2.16. The van der Waals surface area contributed by atoms with Crippen molar-refractivity contribution in [2.24, 2.45) is 0 Å². The molecule has 37 heavy (non-hydrogen) atoms. The minimum absolute atomic E-state index is 1.23. The second kappa shape index (κ2) is 26.8. The quantitative estimate of drug-likeness (QED) is 0.0737. The van der Waals surface area contributed by atoms with E-state index in [0.29, 0.717) is 0 Å². The predicted molar refractivity (Wildman–Crippen MR) is 165 cm³/mol. The zero-order valence-electron chi connectivity index (χ0n) is 26.1. The Labute approximate surface area is 234 Å². The summed E-state index contributed by atoms with van der Waals surface area (Å²) in [7, 11) is 0. The third-order valence-corrected chi connectivity index (χ3v) is 8.35. The maximum absolute atomic E-state index is 2.62. The Morgan fingerprint density at radius 2 is 0.838 bits per heavy atom. The van der Waals surface area contributed by atoms with Gasteiger partial charge < -0.3 is 0 Å². The molecule has 0 aliphatic heterocycles. The van der Waals surface area contributed by atoms with E-state index in [0.717, 1.165) is 0 Å². The summed E-state index contributed by atoms with van der Waals surface area (Å²) in [4.78, 5) is 0. The van der Waals surface area contributed by atoms with Crippen LogP contribution < -0.4 is 4.57 Å². The SMILES string of the molecule is CCCCCCCCCCCCCCc1n(CCCCCCCCC)cc[n+]1CCCCCCCCC. The van der Waals surface area contributed by atoms with Gasteiger partial charge in [0.05, 0.1) is 13.1 Å². The fourth-order valence-electron chi connectivity index (χ4n) is 5.80. The molecule has 0 aliphatic carbocycles. The van der Waals surface area contributed by atoms with Crippen LogP contribution in [0, 0.1) is 0 Å². The number of unbranched alkanes of at least 4 members (excludes halogenated alkanes) is 23. The summed E-state index contributed by atoms with van der Waals surface area (Å²) in [5, 5.41) is 0. The van der Waals surface area contributed by atoms with Crippen LogP contribution in [0.5, 0.6) is 0 Å². The molecular weight excluding hydrogens is 448 g/mol. The van der Waals surface area contributed by atoms with Crippen molar-refractivity contribution in [3.63, 3.8) is 0 Å². The smallest absolute Gasteiger partial charge is 0.234 e. The average molecular weight is 518 g/mol. The predicted octanol–water partition coefficient (Wildman–Crippen LogP) is 11.5. The Kier molecular flexibility index (Phi) is 24.8. The van der Waals surface area contributed by atoms with Gasteiger partial charge in [-0.3, -0.25) is 0 Å². The van der Waals surface area contributed by atoms with Crippen LogP contribution in [0.15, 0.2) is 12.4 Å². The zero-order chi connectivity index (χ0) is 26.7. The van der Waals surface area contributed by atoms with E-state index in [1.165, 1.54) is 186 Å². The standard InChI is InChI=1S/C35H69N2/c1-4-7-10-13-16-17-18-19-20-21-24-27-30-35-36(31-28-25-22-14-11-8-5-2)33-34-37(35)32-29-26-23-15-12-9-6-3/h33-34H,4-32H2,1-3H3/q+1. The third kappa shape index (κ3) is 19.9. The molecule has 0 spiro atoms. The van der Waals surface area contributed by atoms with Gasteiger partial charge in [0, 0.05) is 6.42 Å². The molecule has 0 aromatic carbocycles. The highest BCUT2D eigenvalue weighted by molar-refractivity contribution is 4.84. The fraction of sp³-hybridized carbons (Fsp3) is 0.914. The summed E-state index contributed by atoms with van der Waals surface area (Å²) >= 11 is 0. The summed E-state index contributed by atoms with van der Waals surface area (Å²) in [6.07, 6.45) is 42.9. The monoisotopic (exact) mass is 518 g/mol. The maximum Gasteiger partial charge on any atom is 0.256 e. The van der Waals surface area contributed by atoms with Gasteiger partial charge in [0.15, 0.2) is 0 Å². The van der Waals surface area contributed by atoms with Crippen molar-refractivity contribution in [3.8, 4) is 0 Å². The van der Waals surface area contributed by atoms with E-state index < -0.39 is 0 Å². The topological polar surface area (TPSA) is 8.81 Å². The molecule has 0 N–H and O–H groups in total. The minimum atomic E-state index is 1.23. The lowest BCUT2D eigenvalue weighted by atomic mass is 10.0. The molecule has 1 heterocycles. The fourth-order valence-corrected chi connectivity index (χ4v) is 5.80. The molecular formula is C35H69N2+. The number of hydrogen-bond donors (Lipinski definition) is 0. The van der Waals surface area contributed by atoms with Crippen molar-refractivity contribution < 1.29 is 4.57 Å². The molecule has 0 bridgehead atoms. The molecule has 2 nitrogen and oxygen atoms in total. The Hall–Kier alpha value is -0.790. The first-order chi connectivity index (χ1) is 18.3. The van der Waals surface area contributed by atoms with Crippen LogP contribution in [-0.4, -0.2) is 4.57 Å². The number of rotatable bonds is 29. The molecule has 1 rings (SSSR count). The summed E-state index contributed by atoms with van der Waals surface area (Å²) in [6, 6.07) is 0. The van der Waals surface area contributed by atoms with E-state index in [9.17, 15) is 0 Å². The van der Waals surface area contributed by atoms with Crippen molar-refractivity contribution in [2.75, 3.05) is 0 Å². The molecule has 0 amide bonds. The van der Waals surface area contributed by atoms with E-state index >= 15 is 0 Å². The van der Waals surface area contributed by atoms with Crippen LogP contribution >= 0.6 is 0 Å². The Bertz CT molecular complexity index is 540. The van der Waals surface area contributed by atoms with Crippen LogP contribution in [0.4, 0.5) is 0 Å². The molecule has 2 heteroatoms. The second-order valence-corrected chi connectivity index (χ2v) is 12.0. The highest BCUT2D eigenvalue weighted by atomic mass is 15.1. The van der Waals surface area contributed by atoms with Gasteiger partial charge in [-0.2, -0.15) is 0 Å². The Morgan fingerprint density at radius 3 is 1.30 bits per heavy atom. The molecule has 0 saturated carbocycles. The first-order valence-electron chi connectivity index (χ1n) is 17.4. The van der Waals surface area contributed by atoms with Crippen LogP contribution in [0.25, 0.3) is 0 Å². The number of nitrogens with zero attached hydrogens (tertiary/aromatic N) is 2. The molecule has 1 aromatic heterocycles. The first kappa shape index (κ1) is 34.2. The van der Waals surface area contributed by atoms with Crippen LogP contribution in [-0.2, 0) is 19.5 Å². The molecule has 0 aliphatic rings. The summed E-state index contributed by atoms with van der Waals surface area (Å²) in [6.45, 7) is 9.39. The van der Waals surface area contributed by atoms with E-state index in [4.69, 9.17) is 0 Å². The van der Waals surface area contributed by atoms with Crippen LogP contribution in [0.2, 0.25) is 0 Å². The van der Waals surface area contributed by atoms with Gasteiger partial charge in [0.2, 0.25) is 0 Å². The van der Waals surface area contributed by atoms with Gasteiger partial charge in [-0.15, -0.1) is 0 Å². The molecule has 0 fully saturated rings. The molecule has 0 radical (unpaired) electrons. The lowest BCUT2D eigenvalue weighted by Gasteiger charge is -2.07. The van der Waals surface area contributed by atoms with Crippen LogP contribution in [0.1, 0.15) is 194 Å². The van der Waals surface area contributed by atoms with Crippen molar-refractivity contribution in [2.45, 2.75) is 207 Å². The lowest BCUT2D eigenvalue weighted by molar-refractivity contribution is -0.704. The number of aryl methyl sites for hydroxylation is 2. The molecule has 218 valence electrons. The van der Waals surface area contributed by atoms with Crippen molar-refractivity contribution >= 4 is 0 Å². The summed E-state index contributed by atoms with van der Waals surface area (Å²) in [5.74, 6) is 1.61. The Morgan fingerprint density at radius 1 is 0.459 bits per heavy atom. The van der Waals surface area contributed by atoms with Gasteiger partial charge in [-0.25, -0.2) is 9.13 Å². The van der Waals surface area contributed by atoms with Gasteiger partial charge in [-0.05, 0) is 32.1 Å². The van der Waals surface area contributed by atoms with Crippen molar-refractivity contribution in [3.05, 3.63) is 18.2 Å². The van der Waals surface area contributed by atoms with Gasteiger partial charge in [-0.1, -0.05) is 156 Å². The van der Waals surface area contributed by atoms with Gasteiger partial charge >= 0.3 is 0 Å². The van der Waals surface area contributed by atoms with E-state index in [1.54, 1.807) is 5.82 Å². The largest absolute Gasteiger partial charge is 0.256 e. The summed E-state index contributed by atoms with van der Waals surface area (Å²) < 4.78 is 5.23. The highest BCUT2D eigenvalue weighted by Crippen LogP contribution is 2.14. The average Bonchev–Trinajstić information content (AvgIpc) is 3.29. The maximum atomic E-state index is 2.62. The minimum Gasteiger partial charge on any atom is -0.234 e. The molecule has 0 saturated heterocycles. The third-order valence-electron chi connectivity index (χ3n) is 8.35. The normalized spacial score (nSPS) is 11.5. The second-order valence-electron chi connectivity index (χ2n) is 12.0. The molecule has 1 aromatic rings. The number of aromatic nitrogens is 2. The molecule has 0 atom stereocenters. The van der Waals surface area contributed by atoms with Crippen molar-refractivity contribution in [1.29, 1.82) is 0 Å². The van der Waals surface area contributed by atoms with E-state index in [1.807, 2.05) is 0 Å². The number of hydrogen-bond acceptors (Lipinski definition) is 0.